The third-order valence-electron chi connectivity index (χ3n) is 1.55. The zero-order valence-corrected chi connectivity index (χ0v) is 7.89. The van der Waals surface area contributed by atoms with Crippen molar-refractivity contribution in [2.24, 2.45) is 0 Å². The quantitative estimate of drug-likeness (QED) is 0.817. The molecule has 1 N–H and O–H groups in total. The lowest BCUT2D eigenvalue weighted by Crippen LogP contribution is -2.17. The van der Waals surface area contributed by atoms with Gasteiger partial charge >= 0.3 is 6.36 Å². The van der Waals surface area contributed by atoms with Crippen molar-refractivity contribution in [3.05, 3.63) is 24.3 Å². The SMILES string of the molecule is FC(F)CNc1ccc(OC(F)(F)F)cc1. The molecular weight excluding hydrogens is 233 g/mol. The third-order valence-corrected chi connectivity index (χ3v) is 1.55. The fraction of sp³-hybridized carbons (Fsp3) is 0.333. The van der Waals surface area contributed by atoms with Gasteiger partial charge in [0.05, 0.1) is 6.54 Å². The van der Waals surface area contributed by atoms with Crippen molar-refractivity contribution < 1.29 is 26.7 Å². The number of hydrogen-bond donors (Lipinski definition) is 1. The fourth-order valence-corrected chi connectivity index (χ4v) is 0.969. The summed E-state index contributed by atoms with van der Waals surface area (Å²) in [7, 11) is 0. The smallest absolute Gasteiger partial charge is 0.406 e. The van der Waals surface area contributed by atoms with Crippen LogP contribution in [-0.2, 0) is 0 Å². The van der Waals surface area contributed by atoms with Gasteiger partial charge in [-0.25, -0.2) is 8.78 Å². The molecule has 0 aliphatic rings. The summed E-state index contributed by atoms with van der Waals surface area (Å²) < 4.78 is 62.5. The van der Waals surface area contributed by atoms with Crippen LogP contribution in [0.25, 0.3) is 0 Å². The van der Waals surface area contributed by atoms with Crippen LogP contribution >= 0.6 is 0 Å². The van der Waals surface area contributed by atoms with Crippen molar-refractivity contribution in [2.45, 2.75) is 12.8 Å². The zero-order chi connectivity index (χ0) is 12.2. The Labute approximate surface area is 88.0 Å². The minimum absolute atomic E-state index is 0.301. The van der Waals surface area contributed by atoms with Crippen LogP contribution in [0.2, 0.25) is 0 Å². The maximum absolute atomic E-state index is 11.8. The van der Waals surface area contributed by atoms with E-state index in [1.165, 1.54) is 12.1 Å². The lowest BCUT2D eigenvalue weighted by atomic mass is 10.3. The van der Waals surface area contributed by atoms with Gasteiger partial charge in [0, 0.05) is 5.69 Å². The van der Waals surface area contributed by atoms with Gasteiger partial charge in [0.25, 0.3) is 6.43 Å². The van der Waals surface area contributed by atoms with Crippen LogP contribution in [-0.4, -0.2) is 19.3 Å². The van der Waals surface area contributed by atoms with Gasteiger partial charge in [0.15, 0.2) is 0 Å². The second-order valence-electron chi connectivity index (χ2n) is 2.84. The number of rotatable bonds is 4. The molecule has 0 unspecified atom stereocenters. The average molecular weight is 241 g/mol. The predicted molar refractivity (Wildman–Crippen MR) is 47.6 cm³/mol. The molecular formula is C9H8F5NO. The molecule has 0 bridgehead atoms. The number of nitrogens with one attached hydrogen (secondary N) is 1. The maximum atomic E-state index is 11.8. The van der Waals surface area contributed by atoms with Gasteiger partial charge in [-0.2, -0.15) is 0 Å². The van der Waals surface area contributed by atoms with E-state index >= 15 is 0 Å². The Balaban J connectivity index is 2.54. The summed E-state index contributed by atoms with van der Waals surface area (Å²) in [5.41, 5.74) is 0.301. The normalized spacial score (nSPS) is 11.6. The average Bonchev–Trinajstić information content (AvgIpc) is 2.14. The second kappa shape index (κ2) is 5.00. The largest absolute Gasteiger partial charge is 0.573 e. The molecule has 0 aromatic heterocycles. The van der Waals surface area contributed by atoms with Crippen molar-refractivity contribution in [2.75, 3.05) is 11.9 Å². The van der Waals surface area contributed by atoms with Crippen LogP contribution in [0.4, 0.5) is 27.6 Å². The Morgan fingerprint density at radius 2 is 1.69 bits per heavy atom. The van der Waals surface area contributed by atoms with Gasteiger partial charge in [-0.15, -0.1) is 13.2 Å². The van der Waals surface area contributed by atoms with E-state index in [4.69, 9.17) is 0 Å². The van der Waals surface area contributed by atoms with Gasteiger partial charge in [0.2, 0.25) is 0 Å². The molecule has 0 aliphatic heterocycles. The summed E-state index contributed by atoms with van der Waals surface area (Å²) in [5, 5.41) is 2.35. The molecule has 0 atom stereocenters. The minimum atomic E-state index is -4.75. The monoisotopic (exact) mass is 241 g/mol. The first-order valence-corrected chi connectivity index (χ1v) is 4.24. The van der Waals surface area contributed by atoms with Crippen LogP contribution < -0.4 is 10.1 Å². The molecule has 0 spiro atoms. The van der Waals surface area contributed by atoms with E-state index in [1.807, 2.05) is 0 Å². The summed E-state index contributed by atoms with van der Waals surface area (Å²) >= 11 is 0. The highest BCUT2D eigenvalue weighted by Crippen LogP contribution is 2.23. The molecule has 0 heterocycles. The molecule has 0 saturated carbocycles. The van der Waals surface area contributed by atoms with Crippen LogP contribution in [0.1, 0.15) is 0 Å². The van der Waals surface area contributed by atoms with E-state index in [2.05, 4.69) is 10.1 Å². The Kier molecular flexibility index (Phi) is 3.92. The molecule has 16 heavy (non-hydrogen) atoms. The molecule has 7 heteroatoms. The standard InChI is InChI=1S/C9H8F5NO/c10-8(11)5-15-6-1-3-7(4-2-6)16-9(12,13)14/h1-4,8,15H,5H2. The van der Waals surface area contributed by atoms with Crippen molar-refractivity contribution in [1.29, 1.82) is 0 Å². The zero-order valence-electron chi connectivity index (χ0n) is 7.89. The number of benzene rings is 1. The number of anilines is 1. The molecule has 1 aromatic carbocycles. The molecule has 0 amide bonds. The summed E-state index contributed by atoms with van der Waals surface area (Å²) in [6, 6.07) is 4.54. The van der Waals surface area contributed by atoms with Gasteiger partial charge in [-0.05, 0) is 24.3 Å². The van der Waals surface area contributed by atoms with E-state index in [1.54, 1.807) is 0 Å². The predicted octanol–water partition coefficient (Wildman–Crippen LogP) is 3.26. The van der Waals surface area contributed by atoms with Crippen LogP contribution in [0.3, 0.4) is 0 Å². The molecule has 2 nitrogen and oxygen atoms in total. The molecule has 0 fully saturated rings. The highest BCUT2D eigenvalue weighted by molar-refractivity contribution is 5.46. The van der Waals surface area contributed by atoms with Crippen molar-refractivity contribution >= 4 is 5.69 Å². The first kappa shape index (κ1) is 12.5. The third kappa shape index (κ3) is 4.81. The molecule has 0 radical (unpaired) electrons. The van der Waals surface area contributed by atoms with Gasteiger partial charge in [-0.1, -0.05) is 0 Å². The molecule has 90 valence electrons. The number of hydrogen-bond acceptors (Lipinski definition) is 2. The van der Waals surface area contributed by atoms with Gasteiger partial charge in [0.1, 0.15) is 5.75 Å². The lowest BCUT2D eigenvalue weighted by Gasteiger charge is -2.10. The minimum Gasteiger partial charge on any atom is -0.406 e. The molecule has 1 rings (SSSR count). The fourth-order valence-electron chi connectivity index (χ4n) is 0.969. The Morgan fingerprint density at radius 3 is 2.12 bits per heavy atom. The van der Waals surface area contributed by atoms with Crippen molar-refractivity contribution in [3.63, 3.8) is 0 Å². The molecule has 1 aromatic rings. The van der Waals surface area contributed by atoms with Gasteiger partial charge < -0.3 is 10.1 Å². The van der Waals surface area contributed by atoms with Crippen LogP contribution in [0.15, 0.2) is 24.3 Å². The van der Waals surface area contributed by atoms with Crippen LogP contribution in [0.5, 0.6) is 5.75 Å². The van der Waals surface area contributed by atoms with E-state index in [0.29, 0.717) is 5.69 Å². The first-order valence-electron chi connectivity index (χ1n) is 4.24. The summed E-state index contributed by atoms with van der Waals surface area (Å²) in [6.45, 7) is -0.556. The summed E-state index contributed by atoms with van der Waals surface area (Å²) in [4.78, 5) is 0. The molecule has 0 saturated heterocycles. The van der Waals surface area contributed by atoms with E-state index in [0.717, 1.165) is 12.1 Å². The van der Waals surface area contributed by atoms with Crippen molar-refractivity contribution in [3.8, 4) is 5.75 Å². The summed E-state index contributed by atoms with van der Waals surface area (Å²) in [5.74, 6) is -0.393. The number of halogens is 5. The molecule has 0 aliphatic carbocycles. The first-order chi connectivity index (χ1) is 7.37. The van der Waals surface area contributed by atoms with E-state index in [-0.39, 0.29) is 0 Å². The Morgan fingerprint density at radius 1 is 1.12 bits per heavy atom. The number of alkyl halides is 5. The maximum Gasteiger partial charge on any atom is 0.573 e. The van der Waals surface area contributed by atoms with E-state index in [9.17, 15) is 22.0 Å². The summed E-state index contributed by atoms with van der Waals surface area (Å²) in [6.07, 6.45) is -7.27. The number of ether oxygens (including phenoxy) is 1. The second-order valence-corrected chi connectivity index (χ2v) is 2.84. The van der Waals surface area contributed by atoms with E-state index < -0.39 is 25.1 Å². The topological polar surface area (TPSA) is 21.3 Å². The van der Waals surface area contributed by atoms with Crippen LogP contribution in [0, 0.1) is 0 Å². The Hall–Kier alpha value is -1.53. The lowest BCUT2D eigenvalue weighted by molar-refractivity contribution is -0.274. The van der Waals surface area contributed by atoms with Gasteiger partial charge in [-0.3, -0.25) is 0 Å². The van der Waals surface area contributed by atoms with Crippen molar-refractivity contribution in [1.82, 2.24) is 0 Å². The Bertz CT molecular complexity index is 322. The highest BCUT2D eigenvalue weighted by atomic mass is 19.4. The highest BCUT2D eigenvalue weighted by Gasteiger charge is 2.30.